The van der Waals surface area contributed by atoms with Crippen LogP contribution in [0.5, 0.6) is 0 Å². The van der Waals surface area contributed by atoms with Gasteiger partial charge in [-0.05, 0) is 51.7 Å². The lowest BCUT2D eigenvalue weighted by Gasteiger charge is -2.20. The zero-order valence-electron chi connectivity index (χ0n) is 12.5. The largest absolute Gasteiger partial charge is 0.364 e. The zero-order valence-corrected chi connectivity index (χ0v) is 12.5. The van der Waals surface area contributed by atoms with Gasteiger partial charge in [0.1, 0.15) is 6.10 Å². The number of likely N-dealkylation sites (tertiary alicyclic amines) is 1. The number of carbonyl (C=O) groups is 1. The van der Waals surface area contributed by atoms with E-state index in [1.165, 1.54) is 38.8 Å². The second-order valence-corrected chi connectivity index (χ2v) is 5.96. The SMILES string of the molecule is NC[C@H]1CC[C@@H](C(=O)NCCCN2CCCCCC2)O1. The van der Waals surface area contributed by atoms with E-state index in [4.69, 9.17) is 10.5 Å². The van der Waals surface area contributed by atoms with Gasteiger partial charge in [-0.1, -0.05) is 12.8 Å². The highest BCUT2D eigenvalue weighted by molar-refractivity contribution is 5.80. The fraction of sp³-hybridized carbons (Fsp3) is 0.933. The minimum absolute atomic E-state index is 0.0387. The Morgan fingerprint density at radius 1 is 1.20 bits per heavy atom. The molecule has 0 unspecified atom stereocenters. The van der Waals surface area contributed by atoms with E-state index in [2.05, 4.69) is 10.2 Å². The minimum atomic E-state index is -0.276. The Hall–Kier alpha value is -0.650. The molecule has 0 saturated carbocycles. The molecule has 2 heterocycles. The predicted octanol–water partition coefficient (Wildman–Crippen LogP) is 0.875. The van der Waals surface area contributed by atoms with E-state index >= 15 is 0 Å². The van der Waals surface area contributed by atoms with E-state index < -0.39 is 0 Å². The van der Waals surface area contributed by atoms with Crippen LogP contribution < -0.4 is 11.1 Å². The van der Waals surface area contributed by atoms with Crippen molar-refractivity contribution in [1.82, 2.24) is 10.2 Å². The molecule has 0 radical (unpaired) electrons. The molecule has 0 aliphatic carbocycles. The van der Waals surface area contributed by atoms with Gasteiger partial charge in [0.25, 0.3) is 0 Å². The lowest BCUT2D eigenvalue weighted by molar-refractivity contribution is -0.131. The van der Waals surface area contributed by atoms with Gasteiger partial charge in [-0.15, -0.1) is 0 Å². The van der Waals surface area contributed by atoms with E-state index in [1.54, 1.807) is 0 Å². The van der Waals surface area contributed by atoms with Crippen molar-refractivity contribution in [2.24, 2.45) is 5.73 Å². The minimum Gasteiger partial charge on any atom is -0.364 e. The van der Waals surface area contributed by atoms with E-state index in [0.717, 1.165) is 32.4 Å². The van der Waals surface area contributed by atoms with Crippen LogP contribution in [0, 0.1) is 0 Å². The summed E-state index contributed by atoms with van der Waals surface area (Å²) in [4.78, 5) is 14.4. The molecule has 2 aliphatic heterocycles. The van der Waals surface area contributed by atoms with Gasteiger partial charge in [0.15, 0.2) is 0 Å². The normalized spacial score (nSPS) is 28.2. The molecule has 116 valence electrons. The van der Waals surface area contributed by atoms with Crippen molar-refractivity contribution >= 4 is 5.91 Å². The summed E-state index contributed by atoms with van der Waals surface area (Å²) in [5.74, 6) is 0.0387. The van der Waals surface area contributed by atoms with Crippen molar-refractivity contribution in [2.45, 2.75) is 57.2 Å². The van der Waals surface area contributed by atoms with Gasteiger partial charge in [0.2, 0.25) is 5.91 Å². The third kappa shape index (κ3) is 5.04. The third-order valence-electron chi connectivity index (χ3n) is 4.31. The first-order valence-corrected chi connectivity index (χ1v) is 8.15. The monoisotopic (exact) mass is 283 g/mol. The topological polar surface area (TPSA) is 67.6 Å². The number of nitrogens with one attached hydrogen (secondary N) is 1. The number of hydrogen-bond acceptors (Lipinski definition) is 4. The summed E-state index contributed by atoms with van der Waals surface area (Å²) in [5, 5.41) is 2.99. The summed E-state index contributed by atoms with van der Waals surface area (Å²) < 4.78 is 5.59. The van der Waals surface area contributed by atoms with Crippen molar-refractivity contribution in [3.8, 4) is 0 Å². The van der Waals surface area contributed by atoms with E-state index in [-0.39, 0.29) is 18.1 Å². The lowest BCUT2D eigenvalue weighted by atomic mass is 10.2. The number of carbonyl (C=O) groups excluding carboxylic acids is 1. The highest BCUT2D eigenvalue weighted by atomic mass is 16.5. The van der Waals surface area contributed by atoms with E-state index in [9.17, 15) is 4.79 Å². The van der Waals surface area contributed by atoms with Crippen LogP contribution >= 0.6 is 0 Å². The highest BCUT2D eigenvalue weighted by Gasteiger charge is 2.29. The van der Waals surface area contributed by atoms with Crippen LogP contribution in [0.1, 0.15) is 44.9 Å². The van der Waals surface area contributed by atoms with Gasteiger partial charge < -0.3 is 20.7 Å². The first kappa shape index (κ1) is 15.7. The second-order valence-electron chi connectivity index (χ2n) is 5.96. The number of nitrogens with two attached hydrogens (primary N) is 1. The molecule has 5 heteroatoms. The summed E-state index contributed by atoms with van der Waals surface area (Å²) in [7, 11) is 0. The summed E-state index contributed by atoms with van der Waals surface area (Å²) in [6, 6.07) is 0. The van der Waals surface area contributed by atoms with Crippen molar-refractivity contribution < 1.29 is 9.53 Å². The third-order valence-corrected chi connectivity index (χ3v) is 4.31. The van der Waals surface area contributed by atoms with Gasteiger partial charge >= 0.3 is 0 Å². The summed E-state index contributed by atoms with van der Waals surface area (Å²) in [5.41, 5.74) is 5.55. The smallest absolute Gasteiger partial charge is 0.249 e. The Kier molecular flexibility index (Phi) is 6.76. The van der Waals surface area contributed by atoms with Crippen LogP contribution in [0.3, 0.4) is 0 Å². The van der Waals surface area contributed by atoms with Crippen molar-refractivity contribution in [2.75, 3.05) is 32.7 Å². The quantitative estimate of drug-likeness (QED) is 0.710. The van der Waals surface area contributed by atoms with Gasteiger partial charge in [0, 0.05) is 13.1 Å². The predicted molar refractivity (Wildman–Crippen MR) is 79.5 cm³/mol. The second kappa shape index (κ2) is 8.60. The molecule has 0 bridgehead atoms. The number of hydrogen-bond donors (Lipinski definition) is 2. The van der Waals surface area contributed by atoms with Gasteiger partial charge in [-0.3, -0.25) is 4.79 Å². The molecule has 3 N–H and O–H groups in total. The number of amides is 1. The van der Waals surface area contributed by atoms with Crippen LogP contribution in [0.25, 0.3) is 0 Å². The first-order valence-electron chi connectivity index (χ1n) is 8.15. The molecule has 2 atom stereocenters. The number of ether oxygens (including phenoxy) is 1. The zero-order chi connectivity index (χ0) is 14.2. The molecule has 5 nitrogen and oxygen atoms in total. The van der Waals surface area contributed by atoms with Gasteiger partial charge in [-0.2, -0.15) is 0 Å². The Balaban J connectivity index is 1.55. The van der Waals surface area contributed by atoms with Crippen molar-refractivity contribution in [3.63, 3.8) is 0 Å². The molecule has 0 aromatic carbocycles. The molecule has 0 spiro atoms. The van der Waals surface area contributed by atoms with Crippen molar-refractivity contribution in [3.05, 3.63) is 0 Å². The molecular formula is C15H29N3O2. The molecule has 0 aromatic rings. The number of rotatable bonds is 6. The fourth-order valence-corrected chi connectivity index (χ4v) is 3.06. The number of nitrogens with zero attached hydrogens (tertiary/aromatic N) is 1. The van der Waals surface area contributed by atoms with Crippen LogP contribution in [0.15, 0.2) is 0 Å². The first-order chi connectivity index (χ1) is 9.79. The highest BCUT2D eigenvalue weighted by Crippen LogP contribution is 2.18. The van der Waals surface area contributed by atoms with E-state index in [1.807, 2.05) is 0 Å². The maximum absolute atomic E-state index is 11.9. The Morgan fingerprint density at radius 3 is 2.60 bits per heavy atom. The molecular weight excluding hydrogens is 254 g/mol. The van der Waals surface area contributed by atoms with Crippen LogP contribution in [-0.2, 0) is 9.53 Å². The van der Waals surface area contributed by atoms with Crippen LogP contribution in [-0.4, -0.2) is 55.7 Å². The van der Waals surface area contributed by atoms with Gasteiger partial charge in [-0.25, -0.2) is 0 Å². The fourth-order valence-electron chi connectivity index (χ4n) is 3.06. The molecule has 2 saturated heterocycles. The lowest BCUT2D eigenvalue weighted by Crippen LogP contribution is -2.37. The average molecular weight is 283 g/mol. The van der Waals surface area contributed by atoms with Crippen LogP contribution in [0.2, 0.25) is 0 Å². The molecule has 2 fully saturated rings. The van der Waals surface area contributed by atoms with Crippen LogP contribution in [0.4, 0.5) is 0 Å². The maximum Gasteiger partial charge on any atom is 0.249 e. The summed E-state index contributed by atoms with van der Waals surface area (Å²) in [6.07, 6.45) is 7.92. The molecule has 20 heavy (non-hydrogen) atoms. The maximum atomic E-state index is 11.9. The molecule has 2 aliphatic rings. The summed E-state index contributed by atoms with van der Waals surface area (Å²) in [6.45, 7) is 4.80. The Morgan fingerprint density at radius 2 is 1.95 bits per heavy atom. The Bertz CT molecular complexity index is 291. The van der Waals surface area contributed by atoms with Crippen molar-refractivity contribution in [1.29, 1.82) is 0 Å². The average Bonchev–Trinajstić information content (AvgIpc) is 2.80. The van der Waals surface area contributed by atoms with Gasteiger partial charge in [0.05, 0.1) is 6.10 Å². The standard InChI is InChI=1S/C15H29N3O2/c16-12-13-6-7-14(20-13)15(19)17-8-5-11-18-9-3-1-2-4-10-18/h13-14H,1-12,16H2,(H,17,19)/t13-,14+/m1/s1. The van der Waals surface area contributed by atoms with E-state index in [0.29, 0.717) is 6.54 Å². The summed E-state index contributed by atoms with van der Waals surface area (Å²) >= 11 is 0. The molecule has 0 aromatic heterocycles. The Labute approximate surface area is 122 Å². The molecule has 1 amide bonds. The molecule has 2 rings (SSSR count).